The van der Waals surface area contributed by atoms with Gasteiger partial charge in [-0.1, -0.05) is 50.2 Å². The molecule has 7 nitrogen and oxygen atoms in total. The second-order valence-electron chi connectivity index (χ2n) is 9.74. The molecule has 1 amide bonds. The molecule has 2 aromatic carbocycles. The van der Waals surface area contributed by atoms with Crippen molar-refractivity contribution >= 4 is 15.7 Å². The summed E-state index contributed by atoms with van der Waals surface area (Å²) in [6, 6.07) is 16.6. The van der Waals surface area contributed by atoms with Crippen molar-refractivity contribution in [3.05, 3.63) is 71.4 Å². The van der Waals surface area contributed by atoms with Gasteiger partial charge in [-0.25, -0.2) is 8.42 Å². The summed E-state index contributed by atoms with van der Waals surface area (Å²) in [5.41, 5.74) is 3.07. The van der Waals surface area contributed by atoms with Gasteiger partial charge in [-0.15, -0.1) is 0 Å². The second-order valence-corrected chi connectivity index (χ2v) is 12.0. The first-order valence-corrected chi connectivity index (χ1v) is 13.1. The van der Waals surface area contributed by atoms with Crippen LogP contribution in [-0.4, -0.2) is 49.0 Å². The molecule has 1 fully saturated rings. The highest BCUT2D eigenvalue weighted by atomic mass is 32.2. The van der Waals surface area contributed by atoms with Crippen LogP contribution in [0.15, 0.2) is 59.1 Å². The Balaban J connectivity index is 1.60. The highest BCUT2D eigenvalue weighted by Gasteiger charge is 2.36. The zero-order valence-electron chi connectivity index (χ0n) is 19.9. The average molecular weight is 483 g/mol. The molecular weight excluding hydrogens is 452 g/mol. The van der Waals surface area contributed by atoms with E-state index < -0.39 is 15.9 Å². The topological polar surface area (TPSA) is 89.7 Å². The smallest absolute Gasteiger partial charge is 0.276 e. The van der Waals surface area contributed by atoms with Crippen LogP contribution in [0.1, 0.15) is 48.8 Å². The van der Waals surface area contributed by atoms with Gasteiger partial charge in [0.1, 0.15) is 5.75 Å². The van der Waals surface area contributed by atoms with Gasteiger partial charge in [-0.2, -0.15) is 0 Å². The van der Waals surface area contributed by atoms with Crippen molar-refractivity contribution < 1.29 is 22.5 Å². The van der Waals surface area contributed by atoms with Crippen molar-refractivity contribution in [3.8, 4) is 17.1 Å². The first-order valence-electron chi connectivity index (χ1n) is 11.3. The summed E-state index contributed by atoms with van der Waals surface area (Å²) in [6.45, 7) is 6.73. The molecule has 2 heterocycles. The van der Waals surface area contributed by atoms with Crippen molar-refractivity contribution in [2.75, 3.05) is 18.6 Å². The van der Waals surface area contributed by atoms with Gasteiger partial charge in [-0.05, 0) is 47.2 Å². The summed E-state index contributed by atoms with van der Waals surface area (Å²) >= 11 is 0. The molecule has 180 valence electrons. The number of amides is 1. The first kappa shape index (κ1) is 24.0. The number of carbonyl (C=O) groups is 1. The Morgan fingerprint density at radius 3 is 2.35 bits per heavy atom. The van der Waals surface area contributed by atoms with Crippen LogP contribution in [0.4, 0.5) is 0 Å². The van der Waals surface area contributed by atoms with Crippen LogP contribution in [0.3, 0.4) is 0 Å². The third-order valence-electron chi connectivity index (χ3n) is 6.19. The predicted molar refractivity (Wildman–Crippen MR) is 131 cm³/mol. The minimum atomic E-state index is -3.17. The number of hydrogen-bond acceptors (Lipinski definition) is 6. The van der Waals surface area contributed by atoms with E-state index in [0.717, 1.165) is 11.1 Å². The lowest BCUT2D eigenvalue weighted by atomic mass is 9.86. The van der Waals surface area contributed by atoms with E-state index >= 15 is 0 Å². The molecule has 0 N–H and O–H groups in total. The summed E-state index contributed by atoms with van der Waals surface area (Å²) in [7, 11) is -1.58. The molecule has 1 aromatic heterocycles. The molecule has 0 saturated carbocycles. The van der Waals surface area contributed by atoms with Gasteiger partial charge in [0.25, 0.3) is 5.91 Å². The lowest BCUT2D eigenvalue weighted by Crippen LogP contribution is -2.40. The van der Waals surface area contributed by atoms with Crippen LogP contribution in [0.25, 0.3) is 11.3 Å². The van der Waals surface area contributed by atoms with E-state index in [9.17, 15) is 13.2 Å². The van der Waals surface area contributed by atoms with E-state index in [-0.39, 0.29) is 28.5 Å². The molecule has 0 radical (unpaired) electrons. The second kappa shape index (κ2) is 9.25. The minimum Gasteiger partial charge on any atom is -0.497 e. The zero-order chi connectivity index (χ0) is 24.5. The number of ether oxygens (including phenoxy) is 1. The standard InChI is InChI=1S/C26H30N2O5S/c1-26(2,3)20-9-5-18(6-10-20)16-28(21-13-14-34(30,31)17-21)25(29)23-15-24(33-27-23)19-7-11-22(32-4)12-8-19/h5-12,15,21H,13-14,16-17H2,1-4H3/t21-/m0/s1. The van der Waals surface area contributed by atoms with Crippen molar-refractivity contribution in [2.45, 2.75) is 45.2 Å². The number of nitrogens with zero attached hydrogens (tertiary/aromatic N) is 2. The summed E-state index contributed by atoms with van der Waals surface area (Å²) in [5.74, 6) is 0.873. The third-order valence-corrected chi connectivity index (χ3v) is 7.94. The molecule has 0 aliphatic carbocycles. The molecule has 1 saturated heterocycles. The molecule has 4 rings (SSSR count). The highest BCUT2D eigenvalue weighted by molar-refractivity contribution is 7.91. The number of methoxy groups -OCH3 is 1. The fraction of sp³-hybridized carbons (Fsp3) is 0.385. The van der Waals surface area contributed by atoms with Crippen molar-refractivity contribution in [2.24, 2.45) is 0 Å². The maximum atomic E-state index is 13.5. The Morgan fingerprint density at radius 1 is 1.12 bits per heavy atom. The highest BCUT2D eigenvalue weighted by Crippen LogP contribution is 2.27. The molecule has 8 heteroatoms. The summed E-state index contributed by atoms with van der Waals surface area (Å²) in [4.78, 5) is 15.1. The summed E-state index contributed by atoms with van der Waals surface area (Å²) < 4.78 is 35.0. The Hall–Kier alpha value is -3.13. The molecule has 1 atom stereocenters. The van der Waals surface area contributed by atoms with Gasteiger partial charge in [0.05, 0.1) is 18.6 Å². The van der Waals surface area contributed by atoms with E-state index in [1.54, 1.807) is 30.2 Å². The number of hydrogen-bond donors (Lipinski definition) is 0. The van der Waals surface area contributed by atoms with Gasteiger partial charge in [0.15, 0.2) is 21.3 Å². The molecule has 0 spiro atoms. The van der Waals surface area contributed by atoms with Crippen LogP contribution in [0.5, 0.6) is 5.75 Å². The molecular formula is C26H30N2O5S. The van der Waals surface area contributed by atoms with E-state index in [1.807, 2.05) is 24.3 Å². The zero-order valence-corrected chi connectivity index (χ0v) is 20.8. The monoisotopic (exact) mass is 482 g/mol. The van der Waals surface area contributed by atoms with E-state index in [2.05, 4.69) is 38.1 Å². The SMILES string of the molecule is COc1ccc(-c2cc(C(=O)N(Cc3ccc(C(C)(C)C)cc3)[C@H]3CCS(=O)(=O)C3)no2)cc1. The maximum absolute atomic E-state index is 13.5. The molecule has 0 bridgehead atoms. The van der Waals surface area contributed by atoms with Crippen molar-refractivity contribution in [3.63, 3.8) is 0 Å². The Labute approximate surface area is 200 Å². The van der Waals surface area contributed by atoms with Crippen molar-refractivity contribution in [1.29, 1.82) is 0 Å². The lowest BCUT2D eigenvalue weighted by Gasteiger charge is -2.28. The molecule has 34 heavy (non-hydrogen) atoms. The van der Waals surface area contributed by atoms with Crippen LogP contribution in [-0.2, 0) is 21.8 Å². The Bertz CT molecular complexity index is 1260. The lowest BCUT2D eigenvalue weighted by molar-refractivity contribution is 0.0670. The van der Waals surface area contributed by atoms with Crippen LogP contribution < -0.4 is 4.74 Å². The third kappa shape index (κ3) is 5.33. The Morgan fingerprint density at radius 2 is 1.79 bits per heavy atom. The fourth-order valence-electron chi connectivity index (χ4n) is 4.11. The summed E-state index contributed by atoms with van der Waals surface area (Å²) in [5, 5.41) is 4.00. The van der Waals surface area contributed by atoms with Gasteiger partial charge in [-0.3, -0.25) is 4.79 Å². The molecule has 1 aliphatic heterocycles. The largest absolute Gasteiger partial charge is 0.497 e. The van der Waals surface area contributed by atoms with E-state index in [1.165, 1.54) is 5.56 Å². The van der Waals surface area contributed by atoms with Crippen LogP contribution in [0, 0.1) is 0 Å². The predicted octanol–water partition coefficient (Wildman–Crippen LogP) is 4.48. The van der Waals surface area contributed by atoms with Crippen LogP contribution >= 0.6 is 0 Å². The Kier molecular flexibility index (Phi) is 6.53. The van der Waals surface area contributed by atoms with Crippen LogP contribution in [0.2, 0.25) is 0 Å². The maximum Gasteiger partial charge on any atom is 0.276 e. The average Bonchev–Trinajstić information content (AvgIpc) is 3.43. The molecule has 1 aliphatic rings. The van der Waals surface area contributed by atoms with Gasteiger partial charge in [0, 0.05) is 24.2 Å². The van der Waals surface area contributed by atoms with E-state index in [0.29, 0.717) is 24.5 Å². The van der Waals surface area contributed by atoms with Gasteiger partial charge < -0.3 is 14.2 Å². The fourth-order valence-corrected chi connectivity index (χ4v) is 5.84. The number of benzene rings is 2. The normalized spacial score (nSPS) is 17.5. The first-order chi connectivity index (χ1) is 16.1. The molecule has 0 unspecified atom stereocenters. The minimum absolute atomic E-state index is 0.0200. The number of aromatic nitrogens is 1. The van der Waals surface area contributed by atoms with Gasteiger partial charge in [0.2, 0.25) is 0 Å². The quantitative estimate of drug-likeness (QED) is 0.515. The van der Waals surface area contributed by atoms with Crippen molar-refractivity contribution in [1.82, 2.24) is 10.1 Å². The number of rotatable bonds is 6. The van der Waals surface area contributed by atoms with E-state index in [4.69, 9.17) is 9.26 Å². The number of sulfone groups is 1. The van der Waals surface area contributed by atoms with Gasteiger partial charge >= 0.3 is 0 Å². The molecule has 3 aromatic rings. The number of carbonyl (C=O) groups excluding carboxylic acids is 1. The summed E-state index contributed by atoms with van der Waals surface area (Å²) in [6.07, 6.45) is 0.414.